The fraction of sp³-hybridized carbons (Fsp3) is 0.0769. The van der Waals surface area contributed by atoms with Gasteiger partial charge in [0.1, 0.15) is 5.52 Å². The van der Waals surface area contributed by atoms with E-state index in [9.17, 15) is 4.79 Å². The fourth-order valence-electron chi connectivity index (χ4n) is 1.70. The fourth-order valence-corrected chi connectivity index (χ4v) is 2.68. The van der Waals surface area contributed by atoms with E-state index in [0.29, 0.717) is 26.1 Å². The van der Waals surface area contributed by atoms with Crippen LogP contribution in [-0.2, 0) is 0 Å². The van der Waals surface area contributed by atoms with Gasteiger partial charge in [0.15, 0.2) is 11.3 Å². The van der Waals surface area contributed by atoms with Gasteiger partial charge in [-0.25, -0.2) is 4.98 Å². The van der Waals surface area contributed by atoms with Gasteiger partial charge in [-0.2, -0.15) is 0 Å². The van der Waals surface area contributed by atoms with Crippen molar-refractivity contribution in [1.29, 1.82) is 0 Å². The van der Waals surface area contributed by atoms with E-state index in [2.05, 4.69) is 4.98 Å². The molecule has 0 aliphatic rings. The first-order valence-electron chi connectivity index (χ1n) is 5.31. The molecule has 0 aliphatic heterocycles. The van der Waals surface area contributed by atoms with Gasteiger partial charge in [0.2, 0.25) is 5.78 Å². The molecule has 0 aliphatic carbocycles. The Kier molecular flexibility index (Phi) is 2.69. The molecule has 5 heteroatoms. The number of hydrogen-bond donors (Lipinski definition) is 0. The number of rotatable bonds is 2. The summed E-state index contributed by atoms with van der Waals surface area (Å²) in [5, 5.41) is 0. The van der Waals surface area contributed by atoms with E-state index in [4.69, 9.17) is 16.0 Å². The zero-order valence-corrected chi connectivity index (χ0v) is 11.0. The van der Waals surface area contributed by atoms with E-state index in [1.54, 1.807) is 18.2 Å². The van der Waals surface area contributed by atoms with E-state index < -0.39 is 0 Å². The van der Waals surface area contributed by atoms with Crippen LogP contribution < -0.4 is 0 Å². The molecule has 3 heterocycles. The molecule has 0 N–H and O–H groups in total. The molecule has 0 unspecified atom stereocenters. The maximum Gasteiger partial charge on any atom is 0.238 e. The molecule has 3 rings (SSSR count). The lowest BCUT2D eigenvalue weighted by molar-refractivity contribution is 0.101. The summed E-state index contributed by atoms with van der Waals surface area (Å²) in [5.74, 6) is 0.129. The number of pyridine rings is 1. The lowest BCUT2D eigenvalue weighted by Gasteiger charge is -1.90. The molecule has 18 heavy (non-hydrogen) atoms. The Balaban J connectivity index is 2.06. The van der Waals surface area contributed by atoms with Gasteiger partial charge in [-0.1, -0.05) is 11.6 Å². The summed E-state index contributed by atoms with van der Waals surface area (Å²) in [7, 11) is 0. The van der Waals surface area contributed by atoms with Crippen LogP contribution >= 0.6 is 22.9 Å². The van der Waals surface area contributed by atoms with E-state index >= 15 is 0 Å². The largest absolute Gasteiger partial charge is 0.451 e. The monoisotopic (exact) mass is 277 g/mol. The van der Waals surface area contributed by atoms with Gasteiger partial charge in [0.05, 0.1) is 9.21 Å². The molecule has 0 saturated heterocycles. The van der Waals surface area contributed by atoms with Crippen LogP contribution in [0.3, 0.4) is 0 Å². The molecule has 0 fully saturated rings. The minimum atomic E-state index is -0.164. The first kappa shape index (κ1) is 11.4. The van der Waals surface area contributed by atoms with Crippen molar-refractivity contribution in [3.05, 3.63) is 51.0 Å². The summed E-state index contributed by atoms with van der Waals surface area (Å²) < 4.78 is 6.09. The lowest BCUT2D eigenvalue weighted by Crippen LogP contribution is -1.95. The van der Waals surface area contributed by atoms with Crippen LogP contribution in [-0.4, -0.2) is 10.8 Å². The van der Waals surface area contributed by atoms with Crippen LogP contribution in [0.4, 0.5) is 0 Å². The summed E-state index contributed by atoms with van der Waals surface area (Å²) in [6.45, 7) is 1.90. The van der Waals surface area contributed by atoms with E-state index in [0.717, 1.165) is 5.69 Å². The Hall–Kier alpha value is -1.65. The molecule has 0 aromatic carbocycles. The molecule has 0 atom stereocenters. The molecular weight excluding hydrogens is 270 g/mol. The molecule has 90 valence electrons. The van der Waals surface area contributed by atoms with Crippen LogP contribution in [0, 0.1) is 6.92 Å². The number of carbonyl (C=O) groups is 1. The molecule has 3 nitrogen and oxygen atoms in total. The number of ketones is 1. The van der Waals surface area contributed by atoms with Gasteiger partial charge in [0.25, 0.3) is 0 Å². The molecule has 3 aromatic heterocycles. The van der Waals surface area contributed by atoms with Crippen molar-refractivity contribution in [3.63, 3.8) is 0 Å². The molecule has 0 amide bonds. The van der Waals surface area contributed by atoms with E-state index in [-0.39, 0.29) is 5.78 Å². The minimum absolute atomic E-state index is 0.164. The third kappa shape index (κ3) is 1.94. The predicted octanol–water partition coefficient (Wildman–Crippen LogP) is 4.08. The first-order valence-corrected chi connectivity index (χ1v) is 6.50. The number of furan rings is 1. The van der Waals surface area contributed by atoms with Crippen LogP contribution in [0.25, 0.3) is 11.1 Å². The quantitative estimate of drug-likeness (QED) is 0.663. The SMILES string of the molecule is Cc1ccc2oc(C(=O)c3ccc(Cl)s3)cc2n1. The average Bonchev–Trinajstić information content (AvgIpc) is 2.93. The number of halogens is 1. The maximum absolute atomic E-state index is 12.1. The average molecular weight is 278 g/mol. The zero-order chi connectivity index (χ0) is 12.7. The van der Waals surface area contributed by atoms with Crippen molar-refractivity contribution >= 4 is 39.8 Å². The highest BCUT2D eigenvalue weighted by atomic mass is 35.5. The van der Waals surface area contributed by atoms with Gasteiger partial charge >= 0.3 is 0 Å². The van der Waals surface area contributed by atoms with Gasteiger partial charge in [0, 0.05) is 11.8 Å². The number of aromatic nitrogens is 1. The Bertz CT molecular complexity index is 744. The van der Waals surface area contributed by atoms with Gasteiger partial charge in [-0.15, -0.1) is 11.3 Å². The number of fused-ring (bicyclic) bond motifs is 1. The Morgan fingerprint density at radius 3 is 2.89 bits per heavy atom. The predicted molar refractivity (Wildman–Crippen MR) is 71.5 cm³/mol. The smallest absolute Gasteiger partial charge is 0.238 e. The van der Waals surface area contributed by atoms with Crippen molar-refractivity contribution < 1.29 is 9.21 Å². The van der Waals surface area contributed by atoms with Crippen LogP contribution in [0.5, 0.6) is 0 Å². The maximum atomic E-state index is 12.1. The van der Waals surface area contributed by atoms with Gasteiger partial charge < -0.3 is 4.42 Å². The zero-order valence-electron chi connectivity index (χ0n) is 9.44. The normalized spacial score (nSPS) is 11.0. The first-order chi connectivity index (χ1) is 8.63. The second-order valence-electron chi connectivity index (χ2n) is 3.88. The highest BCUT2D eigenvalue weighted by molar-refractivity contribution is 7.18. The van der Waals surface area contributed by atoms with Gasteiger partial charge in [-0.05, 0) is 31.2 Å². The minimum Gasteiger partial charge on any atom is -0.451 e. The third-order valence-electron chi connectivity index (χ3n) is 2.53. The summed E-state index contributed by atoms with van der Waals surface area (Å²) in [6.07, 6.45) is 0. The Morgan fingerprint density at radius 2 is 2.17 bits per heavy atom. The summed E-state index contributed by atoms with van der Waals surface area (Å²) >= 11 is 7.05. The van der Waals surface area contributed by atoms with Crippen LogP contribution in [0.1, 0.15) is 21.1 Å². The molecular formula is C13H8ClNO2S. The number of thiophene rings is 1. The highest BCUT2D eigenvalue weighted by Crippen LogP contribution is 2.26. The van der Waals surface area contributed by atoms with Crippen molar-refractivity contribution in [1.82, 2.24) is 4.98 Å². The van der Waals surface area contributed by atoms with E-state index in [1.807, 2.05) is 19.1 Å². The van der Waals surface area contributed by atoms with Crippen molar-refractivity contribution in [3.8, 4) is 0 Å². The molecule has 0 bridgehead atoms. The second-order valence-corrected chi connectivity index (χ2v) is 5.59. The summed E-state index contributed by atoms with van der Waals surface area (Å²) in [4.78, 5) is 17.0. The topological polar surface area (TPSA) is 43.1 Å². The van der Waals surface area contributed by atoms with Crippen LogP contribution in [0.2, 0.25) is 4.34 Å². The van der Waals surface area contributed by atoms with Crippen molar-refractivity contribution in [2.45, 2.75) is 6.92 Å². The summed E-state index contributed by atoms with van der Waals surface area (Å²) in [6, 6.07) is 8.72. The number of hydrogen-bond acceptors (Lipinski definition) is 4. The number of carbonyl (C=O) groups excluding carboxylic acids is 1. The van der Waals surface area contributed by atoms with Crippen molar-refractivity contribution in [2.24, 2.45) is 0 Å². The molecule has 0 radical (unpaired) electrons. The highest BCUT2D eigenvalue weighted by Gasteiger charge is 2.16. The second kappa shape index (κ2) is 4.23. The lowest BCUT2D eigenvalue weighted by atomic mass is 10.2. The number of nitrogens with zero attached hydrogens (tertiary/aromatic N) is 1. The Morgan fingerprint density at radius 1 is 1.33 bits per heavy atom. The Labute approximate surface area is 112 Å². The molecule has 3 aromatic rings. The summed E-state index contributed by atoms with van der Waals surface area (Å²) in [5.41, 5.74) is 2.20. The third-order valence-corrected chi connectivity index (χ3v) is 3.76. The molecule has 0 saturated carbocycles. The standard InChI is InChI=1S/C13H8ClNO2S/c1-7-2-3-9-8(15-7)6-10(17-9)13(16)11-4-5-12(14)18-11/h2-6H,1H3. The number of aryl methyl sites for hydroxylation is 1. The van der Waals surface area contributed by atoms with Crippen LogP contribution in [0.15, 0.2) is 34.7 Å². The van der Waals surface area contributed by atoms with Gasteiger partial charge in [-0.3, -0.25) is 4.79 Å². The van der Waals surface area contributed by atoms with Crippen molar-refractivity contribution in [2.75, 3.05) is 0 Å². The van der Waals surface area contributed by atoms with E-state index in [1.165, 1.54) is 11.3 Å². The molecule has 0 spiro atoms.